The fraction of sp³-hybridized carbons (Fsp3) is 0.571. The van der Waals surface area contributed by atoms with Crippen molar-refractivity contribution in [1.29, 1.82) is 0 Å². The molecular weight excluding hydrogens is 352 g/mol. The van der Waals surface area contributed by atoms with Crippen molar-refractivity contribution < 1.29 is 4.74 Å². The zero-order chi connectivity index (χ0) is 20.9. The highest BCUT2D eigenvalue weighted by Gasteiger charge is 2.05. The van der Waals surface area contributed by atoms with Crippen LogP contribution in [0.3, 0.4) is 0 Å². The third-order valence-corrected chi connectivity index (χ3v) is 6.05. The molecule has 0 N–H and O–H groups in total. The Bertz CT molecular complexity index is 656. The van der Waals surface area contributed by atoms with Crippen LogP contribution >= 0.6 is 0 Å². The minimum atomic E-state index is 0.289. The first-order valence-electron chi connectivity index (χ1n) is 12.0. The molecule has 29 heavy (non-hydrogen) atoms. The summed E-state index contributed by atoms with van der Waals surface area (Å²) in [4.78, 5) is 0. The molecule has 160 valence electrons. The van der Waals surface area contributed by atoms with Crippen molar-refractivity contribution in [2.45, 2.75) is 98.0 Å². The summed E-state index contributed by atoms with van der Waals surface area (Å²) in [6.45, 7) is 9.09. The van der Waals surface area contributed by atoms with E-state index in [1.165, 1.54) is 74.5 Å². The Morgan fingerprint density at radius 3 is 1.93 bits per heavy atom. The second-order valence-electron chi connectivity index (χ2n) is 8.76. The van der Waals surface area contributed by atoms with Gasteiger partial charge in [0, 0.05) is 0 Å². The molecule has 0 saturated heterocycles. The van der Waals surface area contributed by atoms with Crippen LogP contribution in [-0.4, -0.2) is 6.10 Å². The van der Waals surface area contributed by atoms with Gasteiger partial charge in [-0.05, 0) is 67.3 Å². The summed E-state index contributed by atoms with van der Waals surface area (Å²) in [7, 11) is 0. The van der Waals surface area contributed by atoms with Crippen LogP contribution in [-0.2, 0) is 6.42 Å². The molecule has 2 atom stereocenters. The minimum absolute atomic E-state index is 0.289. The Morgan fingerprint density at radius 1 is 0.690 bits per heavy atom. The maximum absolute atomic E-state index is 6.08. The number of benzene rings is 2. The van der Waals surface area contributed by atoms with E-state index in [0.717, 1.165) is 18.1 Å². The average Bonchev–Trinajstić information content (AvgIpc) is 2.75. The van der Waals surface area contributed by atoms with Crippen molar-refractivity contribution >= 4 is 0 Å². The zero-order valence-electron chi connectivity index (χ0n) is 19.3. The molecule has 0 radical (unpaired) electrons. The predicted octanol–water partition coefficient (Wildman–Crippen LogP) is 8.85. The first-order chi connectivity index (χ1) is 14.1. The largest absolute Gasteiger partial charge is 0.491 e. The van der Waals surface area contributed by atoms with Gasteiger partial charge in [0.05, 0.1) is 6.10 Å². The van der Waals surface area contributed by atoms with E-state index in [4.69, 9.17) is 4.74 Å². The molecule has 1 nitrogen and oxygen atoms in total. The fourth-order valence-corrected chi connectivity index (χ4v) is 3.77. The number of rotatable bonds is 14. The second-order valence-corrected chi connectivity index (χ2v) is 8.76. The molecule has 2 aromatic rings. The van der Waals surface area contributed by atoms with Gasteiger partial charge in [-0.1, -0.05) is 95.7 Å². The normalized spacial score (nSPS) is 13.2. The predicted molar refractivity (Wildman–Crippen MR) is 128 cm³/mol. The van der Waals surface area contributed by atoms with E-state index in [1.807, 2.05) is 0 Å². The monoisotopic (exact) mass is 394 g/mol. The highest BCUT2D eigenvalue weighted by Crippen LogP contribution is 2.24. The van der Waals surface area contributed by atoms with Crippen molar-refractivity contribution in [3.63, 3.8) is 0 Å². The van der Waals surface area contributed by atoms with Gasteiger partial charge in [0.15, 0.2) is 0 Å². The van der Waals surface area contributed by atoms with Crippen LogP contribution in [0.2, 0.25) is 0 Å². The van der Waals surface area contributed by atoms with Crippen molar-refractivity contribution in [2.75, 3.05) is 0 Å². The van der Waals surface area contributed by atoms with Gasteiger partial charge in [-0.25, -0.2) is 0 Å². The standard InChI is InChI=1S/C28H42O/c1-5-7-8-9-13-24(4)29-28-21-19-27(20-22-28)26-17-15-25(16-18-26)14-11-10-12-23(3)6-2/h15-24H,5-14H2,1-4H3. The summed E-state index contributed by atoms with van der Waals surface area (Å²) >= 11 is 0. The molecule has 0 fully saturated rings. The summed E-state index contributed by atoms with van der Waals surface area (Å²) in [5, 5.41) is 0. The molecular formula is C28H42O. The maximum Gasteiger partial charge on any atom is 0.119 e. The van der Waals surface area contributed by atoms with E-state index in [1.54, 1.807) is 0 Å². The summed E-state index contributed by atoms with van der Waals surface area (Å²) in [6, 6.07) is 17.7. The van der Waals surface area contributed by atoms with E-state index < -0.39 is 0 Å². The molecule has 2 unspecified atom stereocenters. The molecule has 0 aliphatic rings. The summed E-state index contributed by atoms with van der Waals surface area (Å²) < 4.78 is 6.08. The lowest BCUT2D eigenvalue weighted by Crippen LogP contribution is -2.11. The fourth-order valence-electron chi connectivity index (χ4n) is 3.77. The van der Waals surface area contributed by atoms with Gasteiger partial charge in [-0.15, -0.1) is 0 Å². The van der Waals surface area contributed by atoms with Gasteiger partial charge in [0.2, 0.25) is 0 Å². The topological polar surface area (TPSA) is 9.23 Å². The third kappa shape index (κ3) is 9.07. The lowest BCUT2D eigenvalue weighted by molar-refractivity contribution is 0.206. The van der Waals surface area contributed by atoms with Crippen LogP contribution in [0.1, 0.15) is 91.0 Å². The Balaban J connectivity index is 1.78. The van der Waals surface area contributed by atoms with Gasteiger partial charge in [0.1, 0.15) is 5.75 Å². The molecule has 1 heteroatoms. The van der Waals surface area contributed by atoms with Gasteiger partial charge >= 0.3 is 0 Å². The molecule has 0 heterocycles. The van der Waals surface area contributed by atoms with Crippen molar-refractivity contribution in [2.24, 2.45) is 5.92 Å². The minimum Gasteiger partial charge on any atom is -0.491 e. The first-order valence-corrected chi connectivity index (χ1v) is 12.0. The van der Waals surface area contributed by atoms with Crippen molar-refractivity contribution in [3.05, 3.63) is 54.1 Å². The summed E-state index contributed by atoms with van der Waals surface area (Å²) in [6.07, 6.45) is 13.1. The van der Waals surface area contributed by atoms with Gasteiger partial charge in [0.25, 0.3) is 0 Å². The van der Waals surface area contributed by atoms with E-state index in [9.17, 15) is 0 Å². The number of aryl methyl sites for hydroxylation is 1. The van der Waals surface area contributed by atoms with Gasteiger partial charge in [-0.3, -0.25) is 0 Å². The van der Waals surface area contributed by atoms with E-state index in [2.05, 4.69) is 76.2 Å². The van der Waals surface area contributed by atoms with Crippen LogP contribution in [0.15, 0.2) is 48.5 Å². The Labute approximate surface area is 179 Å². The molecule has 2 aromatic carbocycles. The highest BCUT2D eigenvalue weighted by molar-refractivity contribution is 5.64. The molecule has 0 saturated carbocycles. The molecule has 0 spiro atoms. The molecule has 2 rings (SSSR count). The number of hydrogen-bond donors (Lipinski definition) is 0. The SMILES string of the molecule is CCCCCCC(C)Oc1ccc(-c2ccc(CCCCC(C)CC)cc2)cc1. The smallest absolute Gasteiger partial charge is 0.119 e. The molecule has 0 aromatic heterocycles. The van der Waals surface area contributed by atoms with E-state index in [-0.39, 0.29) is 6.10 Å². The van der Waals surface area contributed by atoms with E-state index >= 15 is 0 Å². The molecule has 0 amide bonds. The van der Waals surface area contributed by atoms with Crippen LogP contribution in [0, 0.1) is 5.92 Å². The number of unbranched alkanes of at least 4 members (excludes halogenated alkanes) is 4. The molecule has 0 bridgehead atoms. The van der Waals surface area contributed by atoms with Crippen LogP contribution in [0.4, 0.5) is 0 Å². The second kappa shape index (κ2) is 13.5. The Morgan fingerprint density at radius 2 is 1.31 bits per heavy atom. The quantitative estimate of drug-likeness (QED) is 0.291. The van der Waals surface area contributed by atoms with Crippen molar-refractivity contribution in [1.82, 2.24) is 0 Å². The lowest BCUT2D eigenvalue weighted by atomic mass is 9.98. The van der Waals surface area contributed by atoms with Crippen molar-refractivity contribution in [3.8, 4) is 16.9 Å². The third-order valence-electron chi connectivity index (χ3n) is 6.05. The zero-order valence-corrected chi connectivity index (χ0v) is 19.3. The van der Waals surface area contributed by atoms with Crippen LogP contribution < -0.4 is 4.74 Å². The molecule has 0 aliphatic heterocycles. The Kier molecular flexibility index (Phi) is 10.9. The van der Waals surface area contributed by atoms with Gasteiger partial charge < -0.3 is 4.74 Å². The number of hydrogen-bond acceptors (Lipinski definition) is 1. The average molecular weight is 395 g/mol. The maximum atomic E-state index is 6.08. The highest BCUT2D eigenvalue weighted by atomic mass is 16.5. The summed E-state index contributed by atoms with van der Waals surface area (Å²) in [5.74, 6) is 1.85. The summed E-state index contributed by atoms with van der Waals surface area (Å²) in [5.41, 5.74) is 4.00. The Hall–Kier alpha value is -1.76. The lowest BCUT2D eigenvalue weighted by Gasteiger charge is -2.15. The molecule has 0 aliphatic carbocycles. The van der Waals surface area contributed by atoms with Crippen LogP contribution in [0.5, 0.6) is 5.75 Å². The van der Waals surface area contributed by atoms with E-state index in [0.29, 0.717) is 0 Å². The first kappa shape index (κ1) is 23.5. The number of ether oxygens (including phenoxy) is 1. The van der Waals surface area contributed by atoms with Gasteiger partial charge in [-0.2, -0.15) is 0 Å². The van der Waals surface area contributed by atoms with Crippen LogP contribution in [0.25, 0.3) is 11.1 Å².